The van der Waals surface area contributed by atoms with Crippen molar-refractivity contribution in [2.24, 2.45) is 0 Å². The van der Waals surface area contributed by atoms with Gasteiger partial charge in [-0.3, -0.25) is 15.0 Å². The van der Waals surface area contributed by atoms with E-state index in [1.807, 2.05) is 60.8 Å². The summed E-state index contributed by atoms with van der Waals surface area (Å²) < 4.78 is 5.54. The van der Waals surface area contributed by atoms with Gasteiger partial charge < -0.3 is 19.9 Å². The van der Waals surface area contributed by atoms with Gasteiger partial charge >= 0.3 is 12.1 Å². The number of fused-ring (bicyclic) bond motifs is 2. The molecule has 2 saturated heterocycles. The number of carbonyl (C=O) groups is 3. The minimum atomic E-state index is -0.802. The number of imide groups is 1. The van der Waals surface area contributed by atoms with E-state index in [1.165, 1.54) is 4.90 Å². The summed E-state index contributed by atoms with van der Waals surface area (Å²) >= 11 is 0. The summed E-state index contributed by atoms with van der Waals surface area (Å²) in [5.74, 6) is -0.227. The van der Waals surface area contributed by atoms with Gasteiger partial charge in [-0.25, -0.2) is 9.59 Å². The average Bonchev–Trinajstić information content (AvgIpc) is 3.36. The molecule has 220 valence electrons. The zero-order chi connectivity index (χ0) is 29.9. The van der Waals surface area contributed by atoms with Gasteiger partial charge in [-0.2, -0.15) is 5.26 Å². The van der Waals surface area contributed by atoms with Crippen molar-refractivity contribution in [1.82, 2.24) is 25.4 Å². The molecule has 2 aliphatic heterocycles. The molecule has 10 nitrogen and oxygen atoms in total. The third kappa shape index (κ3) is 6.58. The summed E-state index contributed by atoms with van der Waals surface area (Å²) in [6.45, 7) is 6.14. The van der Waals surface area contributed by atoms with Crippen LogP contribution in [0.3, 0.4) is 0 Å². The third-order valence-corrected chi connectivity index (χ3v) is 7.88. The second-order valence-electron chi connectivity index (χ2n) is 12.1. The van der Waals surface area contributed by atoms with Crippen LogP contribution < -0.4 is 10.6 Å². The second-order valence-corrected chi connectivity index (χ2v) is 12.1. The second kappa shape index (κ2) is 12.2. The van der Waals surface area contributed by atoms with Crippen molar-refractivity contribution in [2.75, 3.05) is 6.54 Å². The van der Waals surface area contributed by atoms with Gasteiger partial charge in [-0.05, 0) is 57.2 Å². The van der Waals surface area contributed by atoms with Crippen LogP contribution in [-0.2, 0) is 22.5 Å². The highest BCUT2D eigenvalue weighted by molar-refractivity contribution is 5.97. The van der Waals surface area contributed by atoms with Crippen LogP contribution in [-0.4, -0.2) is 69.1 Å². The molecule has 2 aliphatic rings. The number of nitrogens with one attached hydrogen (secondary N) is 3. The fraction of sp³-hybridized carbons (Fsp3) is 0.438. The van der Waals surface area contributed by atoms with Crippen LogP contribution in [0.2, 0.25) is 0 Å². The largest absolute Gasteiger partial charge is 0.444 e. The molecule has 42 heavy (non-hydrogen) atoms. The number of urea groups is 1. The minimum absolute atomic E-state index is 0.168. The lowest BCUT2D eigenvalue weighted by Gasteiger charge is -2.47. The normalized spacial score (nSPS) is 20.5. The number of nitrogens with zero attached hydrogens (tertiary/aromatic N) is 3. The van der Waals surface area contributed by atoms with E-state index in [2.05, 4.69) is 21.7 Å². The summed E-state index contributed by atoms with van der Waals surface area (Å²) in [6, 6.07) is 17.3. The van der Waals surface area contributed by atoms with Crippen LogP contribution in [0.1, 0.15) is 51.2 Å². The highest BCUT2D eigenvalue weighted by Crippen LogP contribution is 2.29. The van der Waals surface area contributed by atoms with E-state index in [0.717, 1.165) is 28.5 Å². The van der Waals surface area contributed by atoms with Gasteiger partial charge in [-0.1, -0.05) is 48.5 Å². The maximum absolute atomic E-state index is 13.5. The number of para-hydroxylation sites is 1. The Morgan fingerprint density at radius 1 is 1.14 bits per heavy atom. The van der Waals surface area contributed by atoms with Crippen molar-refractivity contribution in [3.05, 3.63) is 71.9 Å². The molecule has 2 aromatic carbocycles. The lowest BCUT2D eigenvalue weighted by molar-refractivity contribution is -0.134. The van der Waals surface area contributed by atoms with Gasteiger partial charge in [0.15, 0.2) is 0 Å². The summed E-state index contributed by atoms with van der Waals surface area (Å²) in [5, 5.41) is 17.7. The number of aromatic amines is 1. The number of nitriles is 1. The Morgan fingerprint density at radius 3 is 2.62 bits per heavy atom. The Labute approximate surface area is 246 Å². The first-order chi connectivity index (χ1) is 20.1. The van der Waals surface area contributed by atoms with Gasteiger partial charge in [0.2, 0.25) is 5.91 Å². The highest BCUT2D eigenvalue weighted by atomic mass is 16.6. The molecule has 3 N–H and O–H groups in total. The molecule has 2 fully saturated rings. The zero-order valence-electron chi connectivity index (χ0n) is 24.3. The minimum Gasteiger partial charge on any atom is -0.444 e. The number of hydrogen-bond donors (Lipinski definition) is 3. The molecule has 0 radical (unpaired) electrons. The first-order valence-electron chi connectivity index (χ1n) is 14.5. The SMILES string of the molecule is CC(C)(C)OC(=O)N[C@@H](Cc1c[nH]c2ccccc12)[C@H](C#N)N[C@@H]1CCCN2C(=O)N(Cc3ccccc3)C(=O)C[C@@H]12. The molecule has 4 amide bonds. The number of carbonyl (C=O) groups excluding carboxylic acids is 3. The van der Waals surface area contributed by atoms with E-state index in [1.54, 1.807) is 25.7 Å². The van der Waals surface area contributed by atoms with Gasteiger partial charge in [0, 0.05) is 36.1 Å². The van der Waals surface area contributed by atoms with Crippen molar-refractivity contribution in [3.63, 3.8) is 0 Å². The Bertz CT molecular complexity index is 1470. The predicted octanol–water partition coefficient (Wildman–Crippen LogP) is 4.47. The number of amides is 4. The number of benzene rings is 2. The van der Waals surface area contributed by atoms with Crippen LogP contribution in [0.5, 0.6) is 0 Å². The summed E-state index contributed by atoms with van der Waals surface area (Å²) in [6.07, 6.45) is 3.26. The molecule has 5 rings (SSSR count). The Balaban J connectivity index is 1.35. The van der Waals surface area contributed by atoms with E-state index in [0.29, 0.717) is 19.4 Å². The van der Waals surface area contributed by atoms with Crippen LogP contribution >= 0.6 is 0 Å². The van der Waals surface area contributed by atoms with Crippen molar-refractivity contribution >= 4 is 28.9 Å². The molecule has 3 aromatic rings. The maximum atomic E-state index is 13.5. The molecule has 0 bridgehead atoms. The zero-order valence-corrected chi connectivity index (χ0v) is 24.3. The Hall–Kier alpha value is -4.36. The van der Waals surface area contributed by atoms with Crippen LogP contribution in [0.15, 0.2) is 60.8 Å². The lowest BCUT2D eigenvalue weighted by Crippen LogP contribution is -2.66. The topological polar surface area (TPSA) is 131 Å². The molecular weight excluding hydrogens is 532 g/mol. The number of hydrogen-bond acceptors (Lipinski definition) is 6. The monoisotopic (exact) mass is 570 g/mol. The molecule has 1 aromatic heterocycles. The Kier molecular flexibility index (Phi) is 8.50. The van der Waals surface area contributed by atoms with Crippen LogP contribution in [0.25, 0.3) is 10.9 Å². The van der Waals surface area contributed by atoms with Gasteiger partial charge in [0.05, 0.1) is 24.7 Å². The number of H-pyrrole nitrogens is 1. The highest BCUT2D eigenvalue weighted by Gasteiger charge is 2.45. The molecule has 3 heterocycles. The number of ether oxygens (including phenoxy) is 1. The fourth-order valence-corrected chi connectivity index (χ4v) is 5.94. The predicted molar refractivity (Wildman–Crippen MR) is 158 cm³/mol. The van der Waals surface area contributed by atoms with Crippen molar-refractivity contribution in [3.8, 4) is 6.07 Å². The van der Waals surface area contributed by atoms with Gasteiger partial charge in [0.1, 0.15) is 11.6 Å². The summed E-state index contributed by atoms with van der Waals surface area (Å²) in [4.78, 5) is 45.9. The van der Waals surface area contributed by atoms with Crippen LogP contribution in [0, 0.1) is 11.3 Å². The number of aromatic nitrogens is 1. The maximum Gasteiger partial charge on any atom is 0.407 e. The molecule has 0 unspecified atom stereocenters. The molecule has 10 heteroatoms. The average molecular weight is 571 g/mol. The van der Waals surface area contributed by atoms with Crippen molar-refractivity contribution < 1.29 is 19.1 Å². The van der Waals surface area contributed by atoms with E-state index >= 15 is 0 Å². The van der Waals surface area contributed by atoms with Crippen LogP contribution in [0.4, 0.5) is 9.59 Å². The van der Waals surface area contributed by atoms with E-state index in [-0.39, 0.29) is 37.0 Å². The van der Waals surface area contributed by atoms with Gasteiger partial charge in [0.25, 0.3) is 0 Å². The van der Waals surface area contributed by atoms with Gasteiger partial charge in [-0.15, -0.1) is 0 Å². The molecular formula is C32H38N6O4. The number of rotatable bonds is 8. The van der Waals surface area contributed by atoms with E-state index in [9.17, 15) is 19.6 Å². The first kappa shape index (κ1) is 29.1. The first-order valence-corrected chi connectivity index (χ1v) is 14.5. The third-order valence-electron chi connectivity index (χ3n) is 7.88. The molecule has 0 aliphatic carbocycles. The molecule has 0 spiro atoms. The van der Waals surface area contributed by atoms with E-state index < -0.39 is 23.8 Å². The molecule has 0 saturated carbocycles. The lowest BCUT2D eigenvalue weighted by atomic mass is 9.89. The summed E-state index contributed by atoms with van der Waals surface area (Å²) in [7, 11) is 0. The Morgan fingerprint density at radius 2 is 1.88 bits per heavy atom. The standard InChI is InChI=1S/C32H38N6O4/c1-32(2,3)42-30(40)36-26(16-22-19-34-24-13-8-7-12-23(22)24)27(18-33)35-25-14-9-15-37-28(25)17-29(39)38(31(37)41)20-21-10-5-4-6-11-21/h4-8,10-13,19,25-28,34-35H,9,14-17,20H2,1-3H3,(H,36,40)/t25-,26+,27+,28+/m1/s1. The van der Waals surface area contributed by atoms with Crippen molar-refractivity contribution in [1.29, 1.82) is 5.26 Å². The fourth-order valence-electron chi connectivity index (χ4n) is 5.94. The number of alkyl carbamates (subject to hydrolysis) is 1. The quantitative estimate of drug-likeness (QED) is 0.366. The smallest absolute Gasteiger partial charge is 0.407 e. The molecule has 4 atom stereocenters. The van der Waals surface area contributed by atoms with E-state index in [4.69, 9.17) is 4.74 Å². The summed E-state index contributed by atoms with van der Waals surface area (Å²) in [5.41, 5.74) is 2.11. The van der Waals surface area contributed by atoms with Crippen molar-refractivity contribution in [2.45, 2.75) is 82.8 Å². The number of piperidine rings is 1.